The molecule has 0 amide bonds. The van der Waals surface area contributed by atoms with Gasteiger partial charge in [-0.25, -0.2) is 4.98 Å². The van der Waals surface area contributed by atoms with Crippen molar-refractivity contribution in [3.05, 3.63) is 65.2 Å². The van der Waals surface area contributed by atoms with Crippen LogP contribution in [0.3, 0.4) is 0 Å². The van der Waals surface area contributed by atoms with Crippen LogP contribution in [0.1, 0.15) is 16.7 Å². The van der Waals surface area contributed by atoms with E-state index in [-0.39, 0.29) is 11.4 Å². The minimum atomic E-state index is 0.0927. The number of benzene rings is 2. The van der Waals surface area contributed by atoms with Crippen molar-refractivity contribution < 1.29 is 14.2 Å². The maximum atomic E-state index is 9.94. The summed E-state index contributed by atoms with van der Waals surface area (Å²) in [5.41, 5.74) is 8.78. The first-order valence-corrected chi connectivity index (χ1v) is 10.7. The van der Waals surface area contributed by atoms with Crippen LogP contribution in [0.4, 0.5) is 5.82 Å². The Morgan fingerprint density at radius 2 is 1.72 bits per heavy atom. The van der Waals surface area contributed by atoms with Gasteiger partial charge >= 0.3 is 0 Å². The molecule has 1 heterocycles. The van der Waals surface area contributed by atoms with E-state index in [1.807, 2.05) is 24.3 Å². The van der Waals surface area contributed by atoms with Crippen molar-refractivity contribution in [2.45, 2.75) is 10.8 Å². The molecule has 0 saturated carbocycles. The summed E-state index contributed by atoms with van der Waals surface area (Å²) < 4.78 is 15.9. The van der Waals surface area contributed by atoms with Gasteiger partial charge in [-0.05, 0) is 35.4 Å². The van der Waals surface area contributed by atoms with Crippen LogP contribution in [-0.4, -0.2) is 32.4 Å². The summed E-state index contributed by atoms with van der Waals surface area (Å²) in [6.45, 7) is 0.906. The van der Waals surface area contributed by atoms with Crippen molar-refractivity contribution in [2.24, 2.45) is 0 Å². The Morgan fingerprint density at radius 3 is 2.38 bits per heavy atom. The molecular formula is C24H22N4O3S. The van der Waals surface area contributed by atoms with Crippen LogP contribution in [-0.2, 0) is 10.5 Å². The Bertz CT molecular complexity index is 1170. The van der Waals surface area contributed by atoms with Gasteiger partial charge in [-0.2, -0.15) is 10.5 Å². The number of rotatable bonds is 9. The maximum Gasteiger partial charge on any atom is 0.143 e. The van der Waals surface area contributed by atoms with E-state index in [9.17, 15) is 10.5 Å². The van der Waals surface area contributed by atoms with Gasteiger partial charge in [0.05, 0.1) is 19.3 Å². The van der Waals surface area contributed by atoms with Crippen molar-refractivity contribution in [2.75, 3.05) is 33.2 Å². The van der Waals surface area contributed by atoms with Crippen molar-refractivity contribution in [3.8, 4) is 34.8 Å². The molecule has 0 aliphatic rings. The molecule has 2 N–H and O–H groups in total. The van der Waals surface area contributed by atoms with Crippen LogP contribution in [0.15, 0.2) is 53.6 Å². The molecular weight excluding hydrogens is 424 g/mol. The first kappa shape index (κ1) is 23.0. The average Bonchev–Trinajstić information content (AvgIpc) is 2.83. The largest absolute Gasteiger partial charge is 0.497 e. The fourth-order valence-electron chi connectivity index (χ4n) is 3.07. The van der Waals surface area contributed by atoms with Crippen LogP contribution in [0, 0.1) is 22.7 Å². The van der Waals surface area contributed by atoms with Crippen molar-refractivity contribution in [1.29, 1.82) is 10.5 Å². The van der Waals surface area contributed by atoms with Gasteiger partial charge in [0.2, 0.25) is 0 Å². The molecule has 7 nitrogen and oxygen atoms in total. The lowest BCUT2D eigenvalue weighted by Gasteiger charge is -2.14. The molecule has 32 heavy (non-hydrogen) atoms. The van der Waals surface area contributed by atoms with Crippen molar-refractivity contribution >= 4 is 17.6 Å². The highest BCUT2D eigenvalue weighted by Crippen LogP contribution is 2.37. The standard InChI is InChI=1S/C24H22N4O3S/c1-29-10-11-31-18-8-6-17(7-9-18)22-20(13-25)23(27)28-24(21(22)14-26)32-15-16-4-3-5-19(12-16)30-2/h3-9,12H,10-11,15H2,1-2H3,(H2,27,28). The molecule has 1 aromatic heterocycles. The quantitative estimate of drug-likeness (QED) is 0.380. The number of hydrogen-bond acceptors (Lipinski definition) is 8. The topological polar surface area (TPSA) is 114 Å². The summed E-state index contributed by atoms with van der Waals surface area (Å²) in [6.07, 6.45) is 0. The molecule has 0 spiro atoms. The average molecular weight is 447 g/mol. The van der Waals surface area contributed by atoms with Gasteiger partial charge in [-0.15, -0.1) is 11.8 Å². The minimum Gasteiger partial charge on any atom is -0.497 e. The summed E-state index contributed by atoms with van der Waals surface area (Å²) in [7, 11) is 3.22. The highest BCUT2D eigenvalue weighted by atomic mass is 32.2. The zero-order chi connectivity index (χ0) is 22.9. The molecule has 0 fully saturated rings. The number of thioether (sulfide) groups is 1. The summed E-state index contributed by atoms with van der Waals surface area (Å²) in [6, 6.07) is 19.2. The molecule has 0 unspecified atom stereocenters. The molecule has 3 rings (SSSR count). The van der Waals surface area contributed by atoms with Crippen LogP contribution in [0.5, 0.6) is 11.5 Å². The number of pyridine rings is 1. The fraction of sp³-hybridized carbons (Fsp3) is 0.208. The number of ether oxygens (including phenoxy) is 3. The minimum absolute atomic E-state index is 0.0927. The Balaban J connectivity index is 1.96. The third-order valence-corrected chi connectivity index (χ3v) is 5.67. The number of hydrogen-bond donors (Lipinski definition) is 1. The Kier molecular flexibility index (Phi) is 7.93. The monoisotopic (exact) mass is 446 g/mol. The third-order valence-electron chi connectivity index (χ3n) is 4.62. The van der Waals surface area contributed by atoms with Gasteiger partial charge in [0.15, 0.2) is 0 Å². The smallest absolute Gasteiger partial charge is 0.143 e. The van der Waals surface area contributed by atoms with Crippen LogP contribution in [0.2, 0.25) is 0 Å². The van der Waals surface area contributed by atoms with Crippen molar-refractivity contribution in [3.63, 3.8) is 0 Å². The van der Waals surface area contributed by atoms with Gasteiger partial charge < -0.3 is 19.9 Å². The van der Waals surface area contributed by atoms with E-state index in [2.05, 4.69) is 17.1 Å². The predicted octanol–water partition coefficient (Wildman–Crippen LogP) is 4.40. The molecule has 0 aliphatic carbocycles. The van der Waals surface area contributed by atoms with Gasteiger partial charge in [0.25, 0.3) is 0 Å². The number of methoxy groups -OCH3 is 2. The number of nitrogens with zero attached hydrogens (tertiary/aromatic N) is 3. The molecule has 0 radical (unpaired) electrons. The lowest BCUT2D eigenvalue weighted by molar-refractivity contribution is 0.146. The Labute approximate surface area is 191 Å². The number of anilines is 1. The second kappa shape index (κ2) is 11.1. The van der Waals surface area contributed by atoms with E-state index in [0.29, 0.717) is 46.4 Å². The van der Waals surface area contributed by atoms with Crippen LogP contribution in [0.25, 0.3) is 11.1 Å². The first-order chi connectivity index (χ1) is 15.6. The molecule has 0 bridgehead atoms. The molecule has 2 aromatic carbocycles. The fourth-order valence-corrected chi connectivity index (χ4v) is 4.00. The summed E-state index contributed by atoms with van der Waals surface area (Å²) in [5.74, 6) is 2.08. The highest BCUT2D eigenvalue weighted by molar-refractivity contribution is 7.98. The zero-order valence-electron chi connectivity index (χ0n) is 17.8. The lowest BCUT2D eigenvalue weighted by atomic mass is 9.97. The number of nitrogens with two attached hydrogens (primary N) is 1. The normalized spacial score (nSPS) is 10.2. The van der Waals surface area contributed by atoms with Crippen LogP contribution < -0.4 is 15.2 Å². The van der Waals surface area contributed by atoms with E-state index in [0.717, 1.165) is 11.3 Å². The highest BCUT2D eigenvalue weighted by Gasteiger charge is 2.20. The number of aromatic nitrogens is 1. The second-order valence-corrected chi connectivity index (χ2v) is 7.62. The van der Waals surface area contributed by atoms with E-state index >= 15 is 0 Å². The second-order valence-electron chi connectivity index (χ2n) is 6.66. The van der Waals surface area contributed by atoms with E-state index < -0.39 is 0 Å². The number of nitriles is 2. The molecule has 8 heteroatoms. The Morgan fingerprint density at radius 1 is 0.969 bits per heavy atom. The van der Waals surface area contributed by atoms with E-state index in [1.165, 1.54) is 11.8 Å². The number of nitrogen functional groups attached to an aromatic ring is 1. The molecule has 0 saturated heterocycles. The van der Waals surface area contributed by atoms with Gasteiger partial charge in [0, 0.05) is 18.4 Å². The summed E-state index contributed by atoms with van der Waals surface area (Å²) in [5, 5.41) is 20.1. The lowest BCUT2D eigenvalue weighted by Crippen LogP contribution is -2.05. The molecule has 0 atom stereocenters. The summed E-state index contributed by atoms with van der Waals surface area (Å²) in [4.78, 5) is 4.35. The first-order valence-electron chi connectivity index (χ1n) is 9.72. The van der Waals surface area contributed by atoms with Gasteiger partial charge in [-0.1, -0.05) is 24.3 Å². The van der Waals surface area contributed by atoms with E-state index in [4.69, 9.17) is 19.9 Å². The Hall–Kier alpha value is -3.72. The van der Waals surface area contributed by atoms with Crippen LogP contribution >= 0.6 is 11.8 Å². The predicted molar refractivity (Wildman–Crippen MR) is 123 cm³/mol. The molecule has 3 aromatic rings. The SMILES string of the molecule is COCCOc1ccc(-c2c(C#N)c(N)nc(SCc3cccc(OC)c3)c2C#N)cc1. The third kappa shape index (κ3) is 5.30. The molecule has 162 valence electrons. The van der Waals surface area contributed by atoms with Gasteiger partial charge in [-0.3, -0.25) is 0 Å². The zero-order valence-corrected chi connectivity index (χ0v) is 18.6. The summed E-state index contributed by atoms with van der Waals surface area (Å²) >= 11 is 1.39. The van der Waals surface area contributed by atoms with Crippen molar-refractivity contribution in [1.82, 2.24) is 4.98 Å². The molecule has 0 aliphatic heterocycles. The van der Waals surface area contributed by atoms with E-state index in [1.54, 1.807) is 38.5 Å². The van der Waals surface area contributed by atoms with Gasteiger partial charge in [0.1, 0.15) is 46.7 Å². The maximum absolute atomic E-state index is 9.94.